The van der Waals surface area contributed by atoms with Gasteiger partial charge in [-0.25, -0.2) is 0 Å². The van der Waals surface area contributed by atoms with Gasteiger partial charge in [-0.15, -0.1) is 0 Å². The maximum atomic E-state index is 12.3. The number of benzene rings is 2. The Labute approximate surface area is 156 Å². The number of anilines is 1. The van der Waals surface area contributed by atoms with Crippen LogP contribution >= 0.6 is 11.6 Å². The molecular weight excluding hydrogens is 354 g/mol. The number of rotatable bonds is 5. The van der Waals surface area contributed by atoms with Crippen molar-refractivity contribution in [2.75, 3.05) is 5.32 Å². The van der Waals surface area contributed by atoms with Crippen LogP contribution in [0, 0.1) is 13.8 Å². The molecule has 0 fully saturated rings. The van der Waals surface area contributed by atoms with E-state index in [2.05, 4.69) is 15.5 Å². The number of halogens is 1. The maximum absolute atomic E-state index is 12.3. The molecule has 0 unspecified atom stereocenters. The Bertz CT molecular complexity index is 922. The Morgan fingerprint density at radius 3 is 2.62 bits per heavy atom. The number of hydrogen-bond donors (Lipinski definition) is 1. The summed E-state index contributed by atoms with van der Waals surface area (Å²) in [6.07, 6.45) is -0.739. The van der Waals surface area contributed by atoms with Crippen LogP contribution in [0.2, 0.25) is 5.02 Å². The van der Waals surface area contributed by atoms with E-state index in [0.717, 1.165) is 16.7 Å². The monoisotopic (exact) mass is 371 g/mol. The van der Waals surface area contributed by atoms with Crippen molar-refractivity contribution in [2.45, 2.75) is 26.9 Å². The van der Waals surface area contributed by atoms with Gasteiger partial charge in [0.25, 0.3) is 17.7 Å². The molecule has 0 aliphatic carbocycles. The Hall–Kier alpha value is -2.86. The molecule has 2 aromatic carbocycles. The lowest BCUT2D eigenvalue weighted by Crippen LogP contribution is -2.30. The highest BCUT2D eigenvalue weighted by Crippen LogP contribution is 2.22. The Morgan fingerprint density at radius 2 is 1.92 bits per heavy atom. The standard InChI is InChI=1S/C19H18ClN3O3/c1-11-4-6-14(7-5-11)18-22-19(23-26-18)21-17(24)13(3)25-15-8-9-16(20)12(2)10-15/h4-10,13H,1-3H3,(H,21,23,24)/t13-/m1/s1. The molecule has 1 atom stereocenters. The van der Waals surface area contributed by atoms with Gasteiger partial charge in [0.05, 0.1) is 0 Å². The van der Waals surface area contributed by atoms with E-state index in [4.69, 9.17) is 20.9 Å². The average Bonchev–Trinajstić information content (AvgIpc) is 3.07. The molecule has 1 N–H and O–H groups in total. The van der Waals surface area contributed by atoms with E-state index in [0.29, 0.717) is 16.7 Å². The average molecular weight is 372 g/mol. The third kappa shape index (κ3) is 4.21. The Balaban J connectivity index is 1.64. The predicted molar refractivity (Wildman–Crippen MR) is 99.4 cm³/mol. The molecule has 7 heteroatoms. The molecule has 0 bridgehead atoms. The van der Waals surface area contributed by atoms with E-state index in [1.165, 1.54) is 0 Å². The van der Waals surface area contributed by atoms with Gasteiger partial charge in [0, 0.05) is 10.6 Å². The van der Waals surface area contributed by atoms with Crippen molar-refractivity contribution in [2.24, 2.45) is 0 Å². The number of nitrogens with one attached hydrogen (secondary N) is 1. The predicted octanol–water partition coefficient (Wildman–Crippen LogP) is 4.41. The minimum absolute atomic E-state index is 0.0910. The van der Waals surface area contributed by atoms with Crippen molar-refractivity contribution < 1.29 is 14.1 Å². The maximum Gasteiger partial charge on any atom is 0.270 e. The van der Waals surface area contributed by atoms with Gasteiger partial charge in [0.1, 0.15) is 5.75 Å². The zero-order chi connectivity index (χ0) is 18.7. The van der Waals surface area contributed by atoms with Crippen LogP contribution in [0.4, 0.5) is 5.95 Å². The number of aromatic nitrogens is 2. The van der Waals surface area contributed by atoms with E-state index in [-0.39, 0.29) is 11.9 Å². The molecule has 134 valence electrons. The van der Waals surface area contributed by atoms with Gasteiger partial charge in [-0.2, -0.15) is 4.98 Å². The quantitative estimate of drug-likeness (QED) is 0.718. The summed E-state index contributed by atoms with van der Waals surface area (Å²) in [6.45, 7) is 5.50. The molecule has 26 heavy (non-hydrogen) atoms. The highest BCUT2D eigenvalue weighted by atomic mass is 35.5. The number of amides is 1. The minimum Gasteiger partial charge on any atom is -0.481 e. The highest BCUT2D eigenvalue weighted by molar-refractivity contribution is 6.31. The van der Waals surface area contributed by atoms with Gasteiger partial charge in [-0.3, -0.25) is 10.1 Å². The topological polar surface area (TPSA) is 77.2 Å². The fourth-order valence-electron chi connectivity index (χ4n) is 2.25. The summed E-state index contributed by atoms with van der Waals surface area (Å²) in [5, 5.41) is 7.01. The third-order valence-electron chi connectivity index (χ3n) is 3.77. The lowest BCUT2D eigenvalue weighted by atomic mass is 10.1. The van der Waals surface area contributed by atoms with Crippen molar-refractivity contribution in [1.82, 2.24) is 10.1 Å². The molecule has 0 aliphatic heterocycles. The lowest BCUT2D eigenvalue weighted by molar-refractivity contribution is -0.122. The van der Waals surface area contributed by atoms with Crippen molar-refractivity contribution in [3.8, 4) is 17.2 Å². The second-order valence-electron chi connectivity index (χ2n) is 5.95. The van der Waals surface area contributed by atoms with Crippen LogP contribution in [-0.2, 0) is 4.79 Å². The van der Waals surface area contributed by atoms with Crippen molar-refractivity contribution in [3.05, 3.63) is 58.6 Å². The largest absolute Gasteiger partial charge is 0.481 e. The van der Waals surface area contributed by atoms with Crippen LogP contribution in [0.1, 0.15) is 18.1 Å². The van der Waals surface area contributed by atoms with Gasteiger partial charge in [-0.05, 0) is 61.8 Å². The third-order valence-corrected chi connectivity index (χ3v) is 4.20. The summed E-state index contributed by atoms with van der Waals surface area (Å²) in [7, 11) is 0. The second-order valence-corrected chi connectivity index (χ2v) is 6.36. The lowest BCUT2D eigenvalue weighted by Gasteiger charge is -2.14. The van der Waals surface area contributed by atoms with Gasteiger partial charge in [0.15, 0.2) is 6.10 Å². The van der Waals surface area contributed by atoms with Crippen LogP contribution in [0.3, 0.4) is 0 Å². The van der Waals surface area contributed by atoms with E-state index in [1.807, 2.05) is 38.1 Å². The molecule has 3 rings (SSSR count). The second kappa shape index (κ2) is 7.58. The molecular formula is C19H18ClN3O3. The normalized spacial score (nSPS) is 11.8. The molecule has 0 saturated heterocycles. The van der Waals surface area contributed by atoms with E-state index >= 15 is 0 Å². The van der Waals surface area contributed by atoms with Crippen molar-refractivity contribution in [1.29, 1.82) is 0 Å². The summed E-state index contributed by atoms with van der Waals surface area (Å²) >= 11 is 5.99. The molecule has 0 saturated carbocycles. The summed E-state index contributed by atoms with van der Waals surface area (Å²) < 4.78 is 10.8. The molecule has 0 aliphatic rings. The van der Waals surface area contributed by atoms with Crippen molar-refractivity contribution in [3.63, 3.8) is 0 Å². The number of aryl methyl sites for hydroxylation is 2. The number of carbonyl (C=O) groups is 1. The Kier molecular flexibility index (Phi) is 5.23. The zero-order valence-corrected chi connectivity index (χ0v) is 15.4. The first-order valence-electron chi connectivity index (χ1n) is 8.07. The van der Waals surface area contributed by atoms with E-state index in [1.54, 1.807) is 25.1 Å². The van der Waals surface area contributed by atoms with E-state index in [9.17, 15) is 4.79 Å². The molecule has 6 nitrogen and oxygen atoms in total. The summed E-state index contributed by atoms with van der Waals surface area (Å²) in [5.74, 6) is 0.604. The summed E-state index contributed by atoms with van der Waals surface area (Å²) in [5.41, 5.74) is 2.78. The number of hydrogen-bond acceptors (Lipinski definition) is 5. The van der Waals surface area contributed by atoms with E-state index < -0.39 is 6.10 Å². The van der Waals surface area contributed by atoms with Crippen LogP contribution in [0.25, 0.3) is 11.5 Å². The van der Waals surface area contributed by atoms with Gasteiger partial charge in [-0.1, -0.05) is 29.3 Å². The fourth-order valence-corrected chi connectivity index (χ4v) is 2.37. The van der Waals surface area contributed by atoms with Crippen LogP contribution in [0.5, 0.6) is 5.75 Å². The molecule has 1 aromatic heterocycles. The Morgan fingerprint density at radius 1 is 1.19 bits per heavy atom. The molecule has 1 amide bonds. The SMILES string of the molecule is Cc1ccc(-c2nc(NC(=O)[C@@H](C)Oc3ccc(Cl)c(C)c3)no2)cc1. The van der Waals surface area contributed by atoms with Crippen molar-refractivity contribution >= 4 is 23.5 Å². The van der Waals surface area contributed by atoms with Gasteiger partial charge >= 0.3 is 0 Å². The zero-order valence-electron chi connectivity index (χ0n) is 14.6. The molecule has 0 radical (unpaired) electrons. The summed E-state index contributed by atoms with van der Waals surface area (Å²) in [4.78, 5) is 16.5. The number of ether oxygens (including phenoxy) is 1. The van der Waals surface area contributed by atoms with Gasteiger partial charge < -0.3 is 9.26 Å². The number of carbonyl (C=O) groups excluding carboxylic acids is 1. The minimum atomic E-state index is -0.739. The first-order valence-corrected chi connectivity index (χ1v) is 8.44. The fraction of sp³-hybridized carbons (Fsp3) is 0.211. The molecule has 0 spiro atoms. The molecule has 1 heterocycles. The smallest absolute Gasteiger partial charge is 0.270 e. The number of nitrogens with zero attached hydrogens (tertiary/aromatic N) is 2. The first kappa shape index (κ1) is 17.9. The van der Waals surface area contributed by atoms with Crippen LogP contribution in [0.15, 0.2) is 47.0 Å². The highest BCUT2D eigenvalue weighted by Gasteiger charge is 2.18. The van der Waals surface area contributed by atoms with Crippen LogP contribution in [-0.4, -0.2) is 22.2 Å². The molecule has 3 aromatic rings. The summed E-state index contributed by atoms with van der Waals surface area (Å²) in [6, 6.07) is 12.9. The van der Waals surface area contributed by atoms with Gasteiger partial charge in [0.2, 0.25) is 0 Å². The first-order chi connectivity index (χ1) is 12.4. The van der Waals surface area contributed by atoms with Crippen LogP contribution < -0.4 is 10.1 Å².